The van der Waals surface area contributed by atoms with E-state index < -0.39 is 0 Å². The van der Waals surface area contributed by atoms with E-state index in [1.165, 1.54) is 31.5 Å². The van der Waals surface area contributed by atoms with Gasteiger partial charge >= 0.3 is 0 Å². The van der Waals surface area contributed by atoms with E-state index >= 15 is 0 Å². The van der Waals surface area contributed by atoms with Gasteiger partial charge in [0.1, 0.15) is 5.75 Å². The fourth-order valence-corrected chi connectivity index (χ4v) is 3.12. The van der Waals surface area contributed by atoms with Crippen LogP contribution in [-0.2, 0) is 6.54 Å². The standard InChI is InChI=1S/C19H32N4O/c1-15(2)23-11-5-6-17(14-23)13-22-19(20-3)21-12-16-7-9-18(24-4)10-8-16/h7-10,15,17H,5-6,11-14H2,1-4H3,(H2,20,21,22). The van der Waals surface area contributed by atoms with Crippen LogP contribution < -0.4 is 15.4 Å². The highest BCUT2D eigenvalue weighted by Crippen LogP contribution is 2.17. The van der Waals surface area contributed by atoms with Crippen molar-refractivity contribution in [2.75, 3.05) is 33.8 Å². The van der Waals surface area contributed by atoms with Gasteiger partial charge in [0.25, 0.3) is 0 Å². The first-order valence-electron chi connectivity index (χ1n) is 8.94. The predicted octanol–water partition coefficient (Wildman–Crippen LogP) is 2.48. The molecule has 0 amide bonds. The van der Waals surface area contributed by atoms with Crippen molar-refractivity contribution >= 4 is 5.96 Å². The molecule has 1 aromatic rings. The molecule has 1 atom stereocenters. The highest BCUT2D eigenvalue weighted by Gasteiger charge is 2.21. The van der Waals surface area contributed by atoms with Crippen LogP contribution in [0.4, 0.5) is 0 Å². The molecule has 5 nitrogen and oxygen atoms in total. The zero-order valence-electron chi connectivity index (χ0n) is 15.5. The third-order valence-electron chi connectivity index (χ3n) is 4.68. The smallest absolute Gasteiger partial charge is 0.191 e. The third-order valence-corrected chi connectivity index (χ3v) is 4.68. The zero-order chi connectivity index (χ0) is 17.4. The van der Waals surface area contributed by atoms with E-state index in [0.717, 1.165) is 24.8 Å². The second kappa shape index (κ2) is 9.52. The first-order chi connectivity index (χ1) is 11.6. The summed E-state index contributed by atoms with van der Waals surface area (Å²) in [5.74, 6) is 2.45. The van der Waals surface area contributed by atoms with Crippen molar-refractivity contribution in [3.05, 3.63) is 29.8 Å². The average Bonchev–Trinajstić information content (AvgIpc) is 2.62. The molecular weight excluding hydrogens is 300 g/mol. The number of likely N-dealkylation sites (tertiary alicyclic amines) is 1. The molecule has 1 aromatic carbocycles. The van der Waals surface area contributed by atoms with E-state index in [1.807, 2.05) is 19.2 Å². The van der Waals surface area contributed by atoms with Gasteiger partial charge in [0.15, 0.2) is 5.96 Å². The van der Waals surface area contributed by atoms with E-state index in [0.29, 0.717) is 12.0 Å². The van der Waals surface area contributed by atoms with Crippen LogP contribution in [-0.4, -0.2) is 50.7 Å². The summed E-state index contributed by atoms with van der Waals surface area (Å²) >= 11 is 0. The molecule has 1 saturated heterocycles. The lowest BCUT2D eigenvalue weighted by atomic mass is 9.97. The molecule has 5 heteroatoms. The van der Waals surface area contributed by atoms with Crippen LogP contribution in [0.5, 0.6) is 5.75 Å². The summed E-state index contributed by atoms with van der Waals surface area (Å²) in [6.07, 6.45) is 2.59. The minimum Gasteiger partial charge on any atom is -0.497 e. The molecule has 0 bridgehead atoms. The highest BCUT2D eigenvalue weighted by atomic mass is 16.5. The molecular formula is C19H32N4O. The van der Waals surface area contributed by atoms with E-state index in [1.54, 1.807) is 7.11 Å². The van der Waals surface area contributed by atoms with Crippen molar-refractivity contribution in [3.63, 3.8) is 0 Å². The Labute approximate surface area is 146 Å². The van der Waals surface area contributed by atoms with Gasteiger partial charge < -0.3 is 20.3 Å². The first kappa shape index (κ1) is 18.6. The molecule has 0 aromatic heterocycles. The molecule has 0 aliphatic carbocycles. The lowest BCUT2D eigenvalue weighted by molar-refractivity contribution is 0.141. The van der Waals surface area contributed by atoms with Crippen LogP contribution >= 0.6 is 0 Å². The van der Waals surface area contributed by atoms with Gasteiger partial charge in [-0.05, 0) is 56.8 Å². The Bertz CT molecular complexity index is 513. The van der Waals surface area contributed by atoms with Gasteiger partial charge in [-0.1, -0.05) is 12.1 Å². The Balaban J connectivity index is 1.75. The largest absolute Gasteiger partial charge is 0.497 e. The molecule has 0 spiro atoms. The number of ether oxygens (including phenoxy) is 1. The average molecular weight is 332 g/mol. The van der Waals surface area contributed by atoms with Crippen molar-refractivity contribution < 1.29 is 4.74 Å². The molecule has 1 aliphatic rings. The van der Waals surface area contributed by atoms with Crippen molar-refractivity contribution in [2.45, 2.75) is 39.3 Å². The molecule has 1 fully saturated rings. The number of nitrogens with zero attached hydrogens (tertiary/aromatic N) is 2. The zero-order valence-corrected chi connectivity index (χ0v) is 15.5. The Hall–Kier alpha value is -1.75. The van der Waals surface area contributed by atoms with Gasteiger partial charge in [-0.3, -0.25) is 4.99 Å². The molecule has 0 saturated carbocycles. The maximum atomic E-state index is 5.19. The molecule has 2 N–H and O–H groups in total. The second-order valence-electron chi connectivity index (χ2n) is 6.75. The van der Waals surface area contributed by atoms with E-state index in [-0.39, 0.29) is 0 Å². The molecule has 0 radical (unpaired) electrons. The van der Waals surface area contributed by atoms with Crippen LogP contribution in [0.15, 0.2) is 29.3 Å². The number of guanidine groups is 1. The highest BCUT2D eigenvalue weighted by molar-refractivity contribution is 5.79. The fraction of sp³-hybridized carbons (Fsp3) is 0.632. The molecule has 1 unspecified atom stereocenters. The SMILES string of the molecule is CN=C(NCc1ccc(OC)cc1)NCC1CCCN(C(C)C)C1. The van der Waals surface area contributed by atoms with E-state index in [9.17, 15) is 0 Å². The van der Waals surface area contributed by atoms with Crippen LogP contribution in [0.3, 0.4) is 0 Å². The van der Waals surface area contributed by atoms with E-state index in [2.05, 4.69) is 46.5 Å². The number of hydrogen-bond acceptors (Lipinski definition) is 3. The summed E-state index contributed by atoms with van der Waals surface area (Å²) in [6.45, 7) is 8.72. The number of aliphatic imine (C=N–C) groups is 1. The summed E-state index contributed by atoms with van der Waals surface area (Å²) < 4.78 is 5.19. The molecule has 2 rings (SSSR count). The van der Waals surface area contributed by atoms with Crippen molar-refractivity contribution in [3.8, 4) is 5.75 Å². The van der Waals surface area contributed by atoms with Gasteiger partial charge in [0.05, 0.1) is 7.11 Å². The summed E-state index contributed by atoms with van der Waals surface area (Å²) in [5, 5.41) is 6.86. The Morgan fingerprint density at radius 3 is 2.67 bits per heavy atom. The second-order valence-corrected chi connectivity index (χ2v) is 6.75. The number of rotatable bonds is 6. The van der Waals surface area contributed by atoms with E-state index in [4.69, 9.17) is 4.74 Å². The Morgan fingerprint density at radius 1 is 1.29 bits per heavy atom. The minimum absolute atomic E-state index is 0.639. The lowest BCUT2D eigenvalue weighted by Crippen LogP contribution is -2.45. The van der Waals surface area contributed by atoms with Crippen LogP contribution in [0, 0.1) is 5.92 Å². The van der Waals surface area contributed by atoms with Crippen molar-refractivity contribution in [1.82, 2.24) is 15.5 Å². The monoisotopic (exact) mass is 332 g/mol. The quantitative estimate of drug-likeness (QED) is 0.621. The van der Waals surface area contributed by atoms with Crippen molar-refractivity contribution in [1.29, 1.82) is 0 Å². The van der Waals surface area contributed by atoms with Crippen LogP contribution in [0.1, 0.15) is 32.3 Å². The fourth-order valence-electron chi connectivity index (χ4n) is 3.12. The summed E-state index contributed by atoms with van der Waals surface area (Å²) in [7, 11) is 3.51. The number of benzene rings is 1. The van der Waals surface area contributed by atoms with Gasteiger partial charge in [-0.2, -0.15) is 0 Å². The lowest BCUT2D eigenvalue weighted by Gasteiger charge is -2.35. The van der Waals surface area contributed by atoms with Crippen LogP contribution in [0.25, 0.3) is 0 Å². The Morgan fingerprint density at radius 2 is 2.04 bits per heavy atom. The van der Waals surface area contributed by atoms with Crippen molar-refractivity contribution in [2.24, 2.45) is 10.9 Å². The number of hydrogen-bond donors (Lipinski definition) is 2. The normalized spacial score (nSPS) is 19.4. The van der Waals surface area contributed by atoms with Gasteiger partial charge in [-0.25, -0.2) is 0 Å². The maximum Gasteiger partial charge on any atom is 0.191 e. The number of nitrogens with one attached hydrogen (secondary N) is 2. The van der Waals surface area contributed by atoms with Gasteiger partial charge in [0.2, 0.25) is 0 Å². The molecule has 24 heavy (non-hydrogen) atoms. The molecule has 1 aliphatic heterocycles. The van der Waals surface area contributed by atoms with Gasteiger partial charge in [0, 0.05) is 32.7 Å². The summed E-state index contributed by atoms with van der Waals surface area (Å²) in [6, 6.07) is 8.74. The Kier molecular flexibility index (Phi) is 7.37. The minimum atomic E-state index is 0.639. The summed E-state index contributed by atoms with van der Waals surface area (Å²) in [5.41, 5.74) is 1.21. The van der Waals surface area contributed by atoms with Gasteiger partial charge in [-0.15, -0.1) is 0 Å². The topological polar surface area (TPSA) is 48.9 Å². The summed E-state index contributed by atoms with van der Waals surface area (Å²) in [4.78, 5) is 6.90. The predicted molar refractivity (Wildman–Crippen MR) is 101 cm³/mol. The third kappa shape index (κ3) is 5.71. The number of methoxy groups -OCH3 is 1. The molecule has 134 valence electrons. The van der Waals surface area contributed by atoms with Crippen LogP contribution in [0.2, 0.25) is 0 Å². The maximum absolute atomic E-state index is 5.19. The number of piperidine rings is 1. The molecule has 1 heterocycles. The first-order valence-corrected chi connectivity index (χ1v) is 8.94.